The van der Waals surface area contributed by atoms with Crippen molar-refractivity contribution in [2.45, 2.75) is 0 Å². The number of rotatable bonds is 3. The Morgan fingerprint density at radius 2 is 2.00 bits per heavy atom. The largest absolute Gasteiger partial charge is 0.450 e. The van der Waals surface area contributed by atoms with Crippen molar-refractivity contribution in [3.8, 4) is 11.5 Å². The number of hydrogen-bond donors (Lipinski definition) is 1. The van der Waals surface area contributed by atoms with Gasteiger partial charge < -0.3 is 10.5 Å². The summed E-state index contributed by atoms with van der Waals surface area (Å²) in [6.45, 7) is 0. The van der Waals surface area contributed by atoms with Crippen molar-refractivity contribution in [2.24, 2.45) is 0 Å². The van der Waals surface area contributed by atoms with Crippen LogP contribution >= 0.6 is 0 Å². The van der Waals surface area contributed by atoms with Crippen LogP contribution in [0.5, 0.6) is 11.5 Å². The maximum atomic E-state index is 12.9. The van der Waals surface area contributed by atoms with Crippen LogP contribution in [0.15, 0.2) is 42.5 Å². The van der Waals surface area contributed by atoms with Gasteiger partial charge in [-0.15, -0.1) is 0 Å². The maximum absolute atomic E-state index is 12.9. The molecule has 0 radical (unpaired) electrons. The summed E-state index contributed by atoms with van der Waals surface area (Å²) in [5, 5.41) is 10.8. The summed E-state index contributed by atoms with van der Waals surface area (Å²) in [6.07, 6.45) is 0. The summed E-state index contributed by atoms with van der Waals surface area (Å²) in [4.78, 5) is 10.1. The van der Waals surface area contributed by atoms with E-state index in [4.69, 9.17) is 10.5 Å². The molecule has 0 aliphatic heterocycles. The van der Waals surface area contributed by atoms with Crippen molar-refractivity contribution < 1.29 is 14.1 Å². The van der Waals surface area contributed by atoms with E-state index in [9.17, 15) is 14.5 Å². The number of hydrogen-bond acceptors (Lipinski definition) is 4. The van der Waals surface area contributed by atoms with E-state index in [0.29, 0.717) is 11.4 Å². The van der Waals surface area contributed by atoms with E-state index in [0.717, 1.165) is 12.1 Å². The lowest BCUT2D eigenvalue weighted by Crippen LogP contribution is -1.95. The van der Waals surface area contributed by atoms with Crippen molar-refractivity contribution in [3.63, 3.8) is 0 Å². The molecule has 6 heteroatoms. The molecule has 0 unspecified atom stereocenters. The summed E-state index contributed by atoms with van der Waals surface area (Å²) < 4.78 is 18.2. The number of nitrogens with two attached hydrogens (primary N) is 1. The van der Waals surface area contributed by atoms with Gasteiger partial charge in [-0.05, 0) is 24.3 Å². The van der Waals surface area contributed by atoms with Crippen LogP contribution in [0.25, 0.3) is 0 Å². The van der Waals surface area contributed by atoms with Gasteiger partial charge in [0, 0.05) is 11.8 Å². The van der Waals surface area contributed by atoms with E-state index < -0.39 is 16.4 Å². The average Bonchev–Trinajstić information content (AvgIpc) is 2.31. The van der Waals surface area contributed by atoms with Gasteiger partial charge in [0.2, 0.25) is 5.75 Å². The quantitative estimate of drug-likeness (QED) is 0.514. The van der Waals surface area contributed by atoms with Crippen LogP contribution in [0.4, 0.5) is 15.8 Å². The molecule has 0 aromatic heterocycles. The van der Waals surface area contributed by atoms with Crippen LogP contribution in [0.1, 0.15) is 0 Å². The Kier molecular flexibility index (Phi) is 3.09. The Morgan fingerprint density at radius 1 is 1.22 bits per heavy atom. The fourth-order valence-corrected chi connectivity index (χ4v) is 1.42. The zero-order valence-corrected chi connectivity index (χ0v) is 9.17. The number of nitrogen functional groups attached to an aromatic ring is 1. The van der Waals surface area contributed by atoms with E-state index in [1.165, 1.54) is 12.1 Å². The lowest BCUT2D eigenvalue weighted by molar-refractivity contribution is -0.385. The molecule has 0 aliphatic rings. The zero-order valence-electron chi connectivity index (χ0n) is 9.17. The van der Waals surface area contributed by atoms with Gasteiger partial charge in [-0.1, -0.05) is 6.07 Å². The molecule has 92 valence electrons. The minimum absolute atomic E-state index is 0.0352. The number of nitro groups is 1. The van der Waals surface area contributed by atoms with Gasteiger partial charge in [-0.25, -0.2) is 4.39 Å². The van der Waals surface area contributed by atoms with Gasteiger partial charge in [-0.2, -0.15) is 0 Å². The van der Waals surface area contributed by atoms with Crippen LogP contribution in [-0.4, -0.2) is 4.92 Å². The van der Waals surface area contributed by atoms with E-state index in [2.05, 4.69) is 0 Å². The lowest BCUT2D eigenvalue weighted by Gasteiger charge is -2.06. The number of nitrogens with zero attached hydrogens (tertiary/aromatic N) is 1. The molecule has 2 N–H and O–H groups in total. The van der Waals surface area contributed by atoms with Crippen LogP contribution < -0.4 is 10.5 Å². The second-order valence-corrected chi connectivity index (χ2v) is 3.54. The molecule has 0 saturated carbocycles. The number of benzene rings is 2. The van der Waals surface area contributed by atoms with Crippen LogP contribution in [0.3, 0.4) is 0 Å². The third-order valence-corrected chi connectivity index (χ3v) is 2.20. The monoisotopic (exact) mass is 248 g/mol. The molecular formula is C12H9FN2O3. The highest BCUT2D eigenvalue weighted by atomic mass is 19.1. The van der Waals surface area contributed by atoms with Crippen LogP contribution in [0, 0.1) is 15.9 Å². The van der Waals surface area contributed by atoms with Gasteiger partial charge in [0.05, 0.1) is 11.0 Å². The smallest absolute Gasteiger partial charge is 0.314 e. The summed E-state index contributed by atoms with van der Waals surface area (Å²) in [5.74, 6) is -0.377. The summed E-state index contributed by atoms with van der Waals surface area (Å²) in [7, 11) is 0. The number of ether oxygens (including phenoxy) is 1. The molecule has 0 amide bonds. The summed E-state index contributed by atoms with van der Waals surface area (Å²) in [6, 6.07) is 9.54. The van der Waals surface area contributed by atoms with Crippen molar-refractivity contribution in [2.75, 3.05) is 5.73 Å². The molecule has 0 saturated heterocycles. The Morgan fingerprint density at radius 3 is 2.67 bits per heavy atom. The molecule has 0 atom stereocenters. The third kappa shape index (κ3) is 2.54. The number of nitro benzene ring substituents is 1. The molecule has 18 heavy (non-hydrogen) atoms. The number of halogens is 1. The van der Waals surface area contributed by atoms with E-state index >= 15 is 0 Å². The highest BCUT2D eigenvalue weighted by molar-refractivity contribution is 5.50. The normalized spacial score (nSPS) is 10.1. The fourth-order valence-electron chi connectivity index (χ4n) is 1.42. The van der Waals surface area contributed by atoms with E-state index in [1.807, 2.05) is 0 Å². The van der Waals surface area contributed by atoms with Crippen LogP contribution in [-0.2, 0) is 0 Å². The van der Waals surface area contributed by atoms with Crippen molar-refractivity contribution in [3.05, 3.63) is 58.4 Å². The Labute approximate surface area is 102 Å². The first-order valence-electron chi connectivity index (χ1n) is 5.03. The lowest BCUT2D eigenvalue weighted by atomic mass is 10.2. The minimum atomic E-state index is -0.704. The predicted molar refractivity (Wildman–Crippen MR) is 64.0 cm³/mol. The zero-order chi connectivity index (χ0) is 13.1. The van der Waals surface area contributed by atoms with E-state index in [1.54, 1.807) is 18.2 Å². The fraction of sp³-hybridized carbons (Fsp3) is 0. The Balaban J connectivity index is 2.37. The molecule has 2 aromatic rings. The molecule has 2 aromatic carbocycles. The Hall–Kier alpha value is -2.63. The Bertz CT molecular complexity index is 602. The molecule has 5 nitrogen and oxygen atoms in total. The maximum Gasteiger partial charge on any atom is 0.314 e. The average molecular weight is 248 g/mol. The van der Waals surface area contributed by atoms with Crippen molar-refractivity contribution >= 4 is 11.4 Å². The summed E-state index contributed by atoms with van der Waals surface area (Å²) in [5.41, 5.74) is 5.60. The van der Waals surface area contributed by atoms with Crippen LogP contribution in [0.2, 0.25) is 0 Å². The molecule has 0 heterocycles. The molecule has 0 aliphatic carbocycles. The van der Waals surface area contributed by atoms with Gasteiger partial charge in [0.25, 0.3) is 0 Å². The van der Waals surface area contributed by atoms with E-state index in [-0.39, 0.29) is 5.75 Å². The third-order valence-electron chi connectivity index (χ3n) is 2.20. The molecule has 0 fully saturated rings. The SMILES string of the molecule is Nc1cccc(Oc2ccc(F)cc2[N+](=O)[O-])c1. The van der Waals surface area contributed by atoms with Gasteiger partial charge >= 0.3 is 5.69 Å². The van der Waals surface area contributed by atoms with Gasteiger partial charge in [0.1, 0.15) is 11.6 Å². The van der Waals surface area contributed by atoms with Crippen molar-refractivity contribution in [1.82, 2.24) is 0 Å². The minimum Gasteiger partial charge on any atom is -0.450 e. The molecule has 0 spiro atoms. The molecule has 0 bridgehead atoms. The standard InChI is InChI=1S/C12H9FN2O3/c13-8-4-5-12(11(6-8)15(16)17)18-10-3-1-2-9(14)7-10/h1-7H,14H2. The highest BCUT2D eigenvalue weighted by Crippen LogP contribution is 2.32. The van der Waals surface area contributed by atoms with Gasteiger partial charge in [-0.3, -0.25) is 10.1 Å². The molecule has 2 rings (SSSR count). The second-order valence-electron chi connectivity index (χ2n) is 3.54. The molecular weight excluding hydrogens is 239 g/mol. The number of anilines is 1. The predicted octanol–water partition coefficient (Wildman–Crippen LogP) is 3.11. The first-order valence-corrected chi connectivity index (χ1v) is 5.03. The van der Waals surface area contributed by atoms with Gasteiger partial charge in [0.15, 0.2) is 0 Å². The first kappa shape index (κ1) is 11.8. The highest BCUT2D eigenvalue weighted by Gasteiger charge is 2.16. The topological polar surface area (TPSA) is 78.4 Å². The first-order chi connectivity index (χ1) is 8.56. The van der Waals surface area contributed by atoms with Crippen molar-refractivity contribution in [1.29, 1.82) is 0 Å². The summed E-state index contributed by atoms with van der Waals surface area (Å²) >= 11 is 0. The second kappa shape index (κ2) is 4.70.